The van der Waals surface area contributed by atoms with Crippen LogP contribution in [0.15, 0.2) is 106 Å². The Morgan fingerprint density at radius 3 is 2.18 bits per heavy atom. The zero-order valence-corrected chi connectivity index (χ0v) is 28.9. The molecule has 6 rings (SSSR count). The molecule has 0 unspecified atom stereocenters. The summed E-state index contributed by atoms with van der Waals surface area (Å²) in [4.78, 5) is 30.2. The first-order valence-corrected chi connectivity index (χ1v) is 16.8. The number of nitrogens with one attached hydrogen (secondary N) is 1. The van der Waals surface area contributed by atoms with Gasteiger partial charge in [0.15, 0.2) is 0 Å². The average molecular weight is 671 g/mol. The fraction of sp³-hybridized carbons (Fsp3) is 0.195. The van der Waals surface area contributed by atoms with Gasteiger partial charge in [0, 0.05) is 45.8 Å². The van der Waals surface area contributed by atoms with Gasteiger partial charge >= 0.3 is 11.9 Å². The third kappa shape index (κ3) is 7.39. The average Bonchev–Trinajstić information content (AvgIpc) is 3.09. The zero-order chi connectivity index (χ0) is 34.5. The second-order valence-corrected chi connectivity index (χ2v) is 12.4. The Hall–Kier alpha value is -5.34. The van der Waals surface area contributed by atoms with E-state index < -0.39 is 5.97 Å². The number of nitrogens with zero attached hydrogens (tertiary/aromatic N) is 1. The zero-order valence-electron chi connectivity index (χ0n) is 28.0. The molecule has 49 heavy (non-hydrogen) atoms. The van der Waals surface area contributed by atoms with Gasteiger partial charge in [-0.25, -0.2) is 9.79 Å². The first-order chi connectivity index (χ1) is 23.7. The molecule has 1 heterocycles. The lowest BCUT2D eigenvalue weighted by Gasteiger charge is -2.19. The van der Waals surface area contributed by atoms with E-state index in [0.29, 0.717) is 28.2 Å². The van der Waals surface area contributed by atoms with E-state index in [1.165, 1.54) is 0 Å². The summed E-state index contributed by atoms with van der Waals surface area (Å²) in [6.07, 6.45) is 0.195. The Kier molecular flexibility index (Phi) is 10.2. The monoisotopic (exact) mass is 670 g/mol. The van der Waals surface area contributed by atoms with E-state index >= 15 is 0 Å². The number of para-hydroxylation sites is 2. The number of carbonyl (C=O) groups is 2. The topological polar surface area (TPSA) is 90.1 Å². The molecule has 0 amide bonds. The summed E-state index contributed by atoms with van der Waals surface area (Å²) in [5.74, 6) is 0.116. The molecule has 1 aliphatic heterocycles. The SMILES string of the molecule is Cc1cccc(C)c1/N=c1/ccc2c(-c3ccccc3C(=O)OCCOC(=O)CCS)c3ccc(Nc4c(C)cccc4C)cc3oc-2c1. The van der Waals surface area contributed by atoms with E-state index in [1.807, 2.05) is 60.7 Å². The molecular weight excluding hydrogens is 633 g/mol. The minimum atomic E-state index is -0.516. The summed E-state index contributed by atoms with van der Waals surface area (Å²) < 4.78 is 17.4. The number of esters is 2. The summed E-state index contributed by atoms with van der Waals surface area (Å²) >= 11 is 4.05. The highest BCUT2D eigenvalue weighted by Gasteiger charge is 2.22. The van der Waals surface area contributed by atoms with Crippen molar-refractivity contribution in [2.45, 2.75) is 34.1 Å². The lowest BCUT2D eigenvalue weighted by molar-refractivity contribution is -0.144. The molecule has 1 aliphatic carbocycles. The van der Waals surface area contributed by atoms with Gasteiger partial charge in [0.1, 0.15) is 24.6 Å². The van der Waals surface area contributed by atoms with Crippen molar-refractivity contribution in [2.24, 2.45) is 4.99 Å². The summed E-state index contributed by atoms with van der Waals surface area (Å²) in [5.41, 5.74) is 10.7. The number of carbonyl (C=O) groups excluding carboxylic acids is 2. The van der Waals surface area contributed by atoms with E-state index in [1.54, 1.807) is 12.1 Å². The molecule has 0 saturated carbocycles. The van der Waals surface area contributed by atoms with E-state index in [9.17, 15) is 9.59 Å². The molecule has 0 spiro atoms. The van der Waals surface area contributed by atoms with E-state index in [2.05, 4.69) is 69.9 Å². The summed E-state index contributed by atoms with van der Waals surface area (Å²) in [6.45, 7) is 8.17. The molecule has 0 saturated heterocycles. The summed E-state index contributed by atoms with van der Waals surface area (Å²) in [7, 11) is 0. The molecule has 4 aromatic rings. The smallest absolute Gasteiger partial charge is 0.338 e. The Morgan fingerprint density at radius 2 is 1.45 bits per heavy atom. The number of anilines is 2. The molecule has 0 radical (unpaired) electrons. The highest BCUT2D eigenvalue weighted by atomic mass is 32.1. The third-order valence-corrected chi connectivity index (χ3v) is 8.67. The van der Waals surface area contributed by atoms with Crippen LogP contribution in [0.4, 0.5) is 17.1 Å². The van der Waals surface area contributed by atoms with E-state index in [4.69, 9.17) is 18.9 Å². The molecule has 248 valence electrons. The number of fused-ring (bicyclic) bond motifs is 2. The van der Waals surface area contributed by atoms with Gasteiger partial charge in [-0.1, -0.05) is 54.6 Å². The number of thiol groups is 1. The van der Waals surface area contributed by atoms with Crippen LogP contribution in [0, 0.1) is 27.7 Å². The second-order valence-electron chi connectivity index (χ2n) is 12.0. The summed E-state index contributed by atoms with van der Waals surface area (Å²) in [5, 5.41) is 5.16. The molecular formula is C41H38N2O5S. The van der Waals surface area contributed by atoms with Gasteiger partial charge in [-0.15, -0.1) is 0 Å². The van der Waals surface area contributed by atoms with Crippen LogP contribution in [-0.4, -0.2) is 30.9 Å². The highest BCUT2D eigenvalue weighted by molar-refractivity contribution is 7.80. The fourth-order valence-electron chi connectivity index (χ4n) is 5.99. The van der Waals surface area contributed by atoms with Crippen LogP contribution in [0.3, 0.4) is 0 Å². The molecule has 0 atom stereocenters. The lowest BCUT2D eigenvalue weighted by Crippen LogP contribution is -2.15. The van der Waals surface area contributed by atoms with Crippen molar-refractivity contribution >= 4 is 52.6 Å². The lowest BCUT2D eigenvalue weighted by atomic mass is 9.90. The van der Waals surface area contributed by atoms with Crippen molar-refractivity contribution in [1.82, 2.24) is 0 Å². The number of rotatable bonds is 10. The van der Waals surface area contributed by atoms with Crippen molar-refractivity contribution in [3.05, 3.63) is 130 Å². The van der Waals surface area contributed by atoms with Crippen molar-refractivity contribution in [1.29, 1.82) is 0 Å². The van der Waals surface area contributed by atoms with Gasteiger partial charge in [0.2, 0.25) is 0 Å². The Bertz CT molecular complexity index is 2180. The molecule has 0 fully saturated rings. The number of hydrogen-bond donors (Lipinski definition) is 2. The minimum Gasteiger partial charge on any atom is -0.462 e. The van der Waals surface area contributed by atoms with Crippen LogP contribution >= 0.6 is 12.6 Å². The first kappa shape index (κ1) is 33.6. The minimum absolute atomic E-state index is 0.0284. The van der Waals surface area contributed by atoms with Gasteiger partial charge in [-0.2, -0.15) is 12.6 Å². The van der Waals surface area contributed by atoms with Gasteiger partial charge in [-0.05, 0) is 85.8 Å². The van der Waals surface area contributed by atoms with Crippen molar-refractivity contribution in [2.75, 3.05) is 24.3 Å². The number of aryl methyl sites for hydroxylation is 4. The highest BCUT2D eigenvalue weighted by Crippen LogP contribution is 2.42. The quantitative estimate of drug-likeness (QED) is 0.0653. The van der Waals surface area contributed by atoms with Gasteiger partial charge < -0.3 is 19.2 Å². The van der Waals surface area contributed by atoms with Gasteiger partial charge in [-0.3, -0.25) is 4.79 Å². The molecule has 8 heteroatoms. The van der Waals surface area contributed by atoms with E-state index in [0.717, 1.165) is 61.2 Å². The maximum Gasteiger partial charge on any atom is 0.338 e. The maximum atomic E-state index is 13.5. The fourth-order valence-corrected chi connectivity index (χ4v) is 6.18. The van der Waals surface area contributed by atoms with Crippen LogP contribution < -0.4 is 10.7 Å². The van der Waals surface area contributed by atoms with Crippen LogP contribution in [0.5, 0.6) is 0 Å². The molecule has 2 aliphatic rings. The standard InChI is InChI=1S/C41H38N2O5S/c1-25-9-7-10-26(2)39(25)42-29-15-17-33-35(23-29)48-36-24-30(43-40-27(3)11-8-12-28(40)4)16-18-34(36)38(33)31-13-5-6-14-32(31)41(45)47-21-20-46-37(44)19-22-49/h5-18,23-24,42,49H,19-22H2,1-4H3/b43-30-. The summed E-state index contributed by atoms with van der Waals surface area (Å²) in [6, 6.07) is 31.6. The Morgan fingerprint density at radius 1 is 0.755 bits per heavy atom. The van der Waals surface area contributed by atoms with Crippen molar-refractivity contribution < 1.29 is 23.5 Å². The Labute approximate surface area is 291 Å². The largest absolute Gasteiger partial charge is 0.462 e. The number of ether oxygens (including phenoxy) is 2. The predicted molar refractivity (Wildman–Crippen MR) is 198 cm³/mol. The molecule has 1 N–H and O–H groups in total. The van der Waals surface area contributed by atoms with Crippen LogP contribution in [0.25, 0.3) is 33.4 Å². The molecule has 4 aromatic carbocycles. The predicted octanol–water partition coefficient (Wildman–Crippen LogP) is 9.43. The third-order valence-electron chi connectivity index (χ3n) is 8.45. The normalized spacial score (nSPS) is 11.6. The van der Waals surface area contributed by atoms with Gasteiger partial charge in [0.05, 0.1) is 23.0 Å². The Balaban J connectivity index is 1.48. The van der Waals surface area contributed by atoms with Crippen LogP contribution in [0.2, 0.25) is 0 Å². The first-order valence-electron chi connectivity index (χ1n) is 16.2. The molecule has 0 bridgehead atoms. The van der Waals surface area contributed by atoms with Crippen LogP contribution in [0.1, 0.15) is 39.0 Å². The van der Waals surface area contributed by atoms with Crippen molar-refractivity contribution in [3.63, 3.8) is 0 Å². The van der Waals surface area contributed by atoms with Gasteiger partial charge in [0.25, 0.3) is 0 Å². The van der Waals surface area contributed by atoms with Crippen LogP contribution in [-0.2, 0) is 14.3 Å². The number of hydrogen-bond acceptors (Lipinski definition) is 8. The van der Waals surface area contributed by atoms with Crippen molar-refractivity contribution in [3.8, 4) is 22.5 Å². The second kappa shape index (κ2) is 14.8. The van der Waals surface area contributed by atoms with E-state index in [-0.39, 0.29) is 25.6 Å². The number of benzene rings is 5. The molecule has 7 nitrogen and oxygen atoms in total. The molecule has 0 aromatic heterocycles. The maximum absolute atomic E-state index is 13.5.